The number of rotatable bonds is 8. The third-order valence-corrected chi connectivity index (χ3v) is 4.09. The monoisotopic (exact) mass is 275 g/mol. The molecule has 0 amide bonds. The molecule has 0 spiro atoms. The predicted octanol–water partition coefficient (Wildman–Crippen LogP) is 3.72. The highest BCUT2D eigenvalue weighted by molar-refractivity contribution is 5.22. The van der Waals surface area contributed by atoms with Crippen LogP contribution >= 0.6 is 0 Å². The lowest BCUT2D eigenvalue weighted by Crippen LogP contribution is -2.28. The Balaban J connectivity index is 1.89. The largest absolute Gasteiger partial charge is 0.378 e. The van der Waals surface area contributed by atoms with Gasteiger partial charge in [-0.05, 0) is 63.6 Å². The third-order valence-electron chi connectivity index (χ3n) is 4.09. The van der Waals surface area contributed by atoms with Crippen LogP contribution in [0.5, 0.6) is 0 Å². The summed E-state index contributed by atoms with van der Waals surface area (Å²) in [5.41, 5.74) is 2.83. The zero-order valence-electron chi connectivity index (χ0n) is 13.0. The number of benzene rings is 1. The van der Waals surface area contributed by atoms with Gasteiger partial charge in [0.15, 0.2) is 0 Å². The van der Waals surface area contributed by atoms with E-state index >= 15 is 0 Å². The second-order valence-electron chi connectivity index (χ2n) is 6.13. The van der Waals surface area contributed by atoms with Gasteiger partial charge in [0.2, 0.25) is 0 Å². The first-order chi connectivity index (χ1) is 9.78. The average molecular weight is 275 g/mol. The van der Waals surface area contributed by atoms with Crippen molar-refractivity contribution in [2.45, 2.75) is 52.1 Å². The Kier molecular flexibility index (Phi) is 6.55. The Morgan fingerprint density at radius 1 is 1.40 bits per heavy atom. The van der Waals surface area contributed by atoms with E-state index < -0.39 is 0 Å². The summed E-state index contributed by atoms with van der Waals surface area (Å²) >= 11 is 0. The van der Waals surface area contributed by atoms with Gasteiger partial charge in [0.05, 0.1) is 6.10 Å². The molecule has 2 atom stereocenters. The zero-order valence-corrected chi connectivity index (χ0v) is 13.0. The molecule has 0 saturated carbocycles. The summed E-state index contributed by atoms with van der Waals surface area (Å²) in [4.78, 5) is 0. The summed E-state index contributed by atoms with van der Waals surface area (Å²) in [5, 5.41) is 3.59. The molecule has 1 aromatic rings. The topological polar surface area (TPSA) is 21.3 Å². The third kappa shape index (κ3) is 5.26. The minimum atomic E-state index is 0.494. The molecule has 2 unspecified atom stereocenters. The van der Waals surface area contributed by atoms with Gasteiger partial charge in [-0.2, -0.15) is 0 Å². The summed E-state index contributed by atoms with van der Waals surface area (Å²) in [5.74, 6) is 0.687. The summed E-state index contributed by atoms with van der Waals surface area (Å²) in [6, 6.07) is 8.93. The second kappa shape index (κ2) is 8.43. The molecule has 2 rings (SSSR count). The average Bonchev–Trinajstić information content (AvgIpc) is 2.92. The highest BCUT2D eigenvalue weighted by Gasteiger charge is 2.21. The molecule has 1 heterocycles. The lowest BCUT2D eigenvalue weighted by Gasteiger charge is -2.21. The van der Waals surface area contributed by atoms with Crippen molar-refractivity contribution in [3.8, 4) is 0 Å². The van der Waals surface area contributed by atoms with Crippen LogP contribution in [0.1, 0.15) is 43.7 Å². The molecule has 1 aromatic carbocycles. The lowest BCUT2D eigenvalue weighted by atomic mass is 9.92. The first-order valence-electron chi connectivity index (χ1n) is 8.15. The molecular formula is C18H29NO. The van der Waals surface area contributed by atoms with Crippen LogP contribution in [-0.2, 0) is 11.2 Å². The normalized spacial score (nSPS) is 20.2. The van der Waals surface area contributed by atoms with Crippen LogP contribution in [0.2, 0.25) is 0 Å². The maximum absolute atomic E-state index is 5.82. The minimum Gasteiger partial charge on any atom is -0.378 e. The minimum absolute atomic E-state index is 0.494. The second-order valence-corrected chi connectivity index (χ2v) is 6.13. The van der Waals surface area contributed by atoms with E-state index in [4.69, 9.17) is 4.74 Å². The van der Waals surface area contributed by atoms with E-state index in [-0.39, 0.29) is 0 Å². The molecule has 2 nitrogen and oxygen atoms in total. The highest BCUT2D eigenvalue weighted by Crippen LogP contribution is 2.22. The van der Waals surface area contributed by atoms with Crippen molar-refractivity contribution in [3.63, 3.8) is 0 Å². The van der Waals surface area contributed by atoms with Crippen molar-refractivity contribution in [3.05, 3.63) is 35.4 Å². The van der Waals surface area contributed by atoms with E-state index in [2.05, 4.69) is 43.4 Å². The number of ether oxygens (including phenoxy) is 1. The number of nitrogens with one attached hydrogen (secondary N) is 1. The molecule has 0 aromatic heterocycles. The van der Waals surface area contributed by atoms with Gasteiger partial charge in [0.25, 0.3) is 0 Å². The molecule has 0 radical (unpaired) electrons. The summed E-state index contributed by atoms with van der Waals surface area (Å²) in [6.07, 6.45) is 6.55. The molecule has 1 aliphatic rings. The van der Waals surface area contributed by atoms with Crippen LogP contribution in [0.3, 0.4) is 0 Å². The van der Waals surface area contributed by atoms with E-state index in [1.165, 1.54) is 36.8 Å². The van der Waals surface area contributed by atoms with Crippen LogP contribution < -0.4 is 5.32 Å². The molecule has 0 bridgehead atoms. The van der Waals surface area contributed by atoms with Gasteiger partial charge in [0, 0.05) is 6.61 Å². The molecule has 1 aliphatic heterocycles. The van der Waals surface area contributed by atoms with Crippen LogP contribution in [0, 0.1) is 12.8 Å². The smallest absolute Gasteiger partial charge is 0.0579 e. The molecular weight excluding hydrogens is 246 g/mol. The van der Waals surface area contributed by atoms with Crippen LogP contribution in [0.15, 0.2) is 24.3 Å². The summed E-state index contributed by atoms with van der Waals surface area (Å²) < 4.78 is 5.82. The fourth-order valence-electron chi connectivity index (χ4n) is 3.10. The molecule has 20 heavy (non-hydrogen) atoms. The quantitative estimate of drug-likeness (QED) is 0.730. The van der Waals surface area contributed by atoms with E-state index in [1.54, 1.807) is 0 Å². The van der Waals surface area contributed by atoms with Crippen molar-refractivity contribution >= 4 is 0 Å². The standard InChI is InChI=1S/C18H29NO/c1-3-9-19-14-17(13-18-8-5-10-20-18)12-16-7-4-6-15(2)11-16/h4,6-7,11,17-19H,3,5,8-10,12-14H2,1-2H3. The van der Waals surface area contributed by atoms with Crippen molar-refractivity contribution < 1.29 is 4.74 Å². The first kappa shape index (κ1) is 15.5. The lowest BCUT2D eigenvalue weighted by molar-refractivity contribution is 0.0893. The van der Waals surface area contributed by atoms with Crippen molar-refractivity contribution in [2.75, 3.05) is 19.7 Å². The van der Waals surface area contributed by atoms with Crippen LogP contribution in [0.25, 0.3) is 0 Å². The van der Waals surface area contributed by atoms with Crippen molar-refractivity contribution in [1.29, 1.82) is 0 Å². The van der Waals surface area contributed by atoms with Gasteiger partial charge in [-0.25, -0.2) is 0 Å². The SMILES string of the molecule is CCCNCC(Cc1cccc(C)c1)CC1CCCO1. The number of aryl methyl sites for hydroxylation is 1. The van der Waals surface area contributed by atoms with E-state index in [0.717, 1.165) is 26.1 Å². The molecule has 2 heteroatoms. The maximum Gasteiger partial charge on any atom is 0.0579 e. The Morgan fingerprint density at radius 2 is 2.30 bits per heavy atom. The predicted molar refractivity (Wildman–Crippen MR) is 85.1 cm³/mol. The first-order valence-corrected chi connectivity index (χ1v) is 8.15. The summed E-state index contributed by atoms with van der Waals surface area (Å²) in [6.45, 7) is 7.60. The van der Waals surface area contributed by atoms with Gasteiger partial charge < -0.3 is 10.1 Å². The summed E-state index contributed by atoms with van der Waals surface area (Å²) in [7, 11) is 0. The van der Waals surface area contributed by atoms with Gasteiger partial charge in [0.1, 0.15) is 0 Å². The Hall–Kier alpha value is -0.860. The van der Waals surface area contributed by atoms with Gasteiger partial charge >= 0.3 is 0 Å². The molecule has 1 saturated heterocycles. The Bertz CT molecular complexity index is 385. The van der Waals surface area contributed by atoms with Gasteiger partial charge in [-0.3, -0.25) is 0 Å². The fraction of sp³-hybridized carbons (Fsp3) is 0.667. The molecule has 112 valence electrons. The van der Waals surface area contributed by atoms with E-state index in [1.807, 2.05) is 0 Å². The van der Waals surface area contributed by atoms with Crippen LogP contribution in [0.4, 0.5) is 0 Å². The van der Waals surface area contributed by atoms with Crippen LogP contribution in [-0.4, -0.2) is 25.8 Å². The maximum atomic E-state index is 5.82. The molecule has 1 fully saturated rings. The molecule has 1 N–H and O–H groups in total. The number of hydrogen-bond donors (Lipinski definition) is 1. The van der Waals surface area contributed by atoms with Crippen molar-refractivity contribution in [2.24, 2.45) is 5.92 Å². The zero-order chi connectivity index (χ0) is 14.2. The Labute approximate surface area is 123 Å². The fourth-order valence-corrected chi connectivity index (χ4v) is 3.10. The Morgan fingerprint density at radius 3 is 3.00 bits per heavy atom. The van der Waals surface area contributed by atoms with Gasteiger partial charge in [-0.15, -0.1) is 0 Å². The van der Waals surface area contributed by atoms with E-state index in [0.29, 0.717) is 12.0 Å². The van der Waals surface area contributed by atoms with E-state index in [9.17, 15) is 0 Å². The van der Waals surface area contributed by atoms with Gasteiger partial charge in [-0.1, -0.05) is 36.8 Å². The number of hydrogen-bond acceptors (Lipinski definition) is 2. The van der Waals surface area contributed by atoms with Crippen molar-refractivity contribution in [1.82, 2.24) is 5.32 Å². The molecule has 0 aliphatic carbocycles. The highest BCUT2D eigenvalue weighted by atomic mass is 16.5.